The number of aromatic nitrogens is 2. The average Bonchev–Trinajstić information content (AvgIpc) is 2.91. The fourth-order valence-corrected chi connectivity index (χ4v) is 4.37. The van der Waals surface area contributed by atoms with E-state index >= 15 is 0 Å². The van der Waals surface area contributed by atoms with Gasteiger partial charge in [-0.3, -0.25) is 4.79 Å². The first-order chi connectivity index (χ1) is 11.8. The third-order valence-corrected chi connectivity index (χ3v) is 6.10. The molecule has 2 heterocycles. The van der Waals surface area contributed by atoms with Gasteiger partial charge in [-0.2, -0.15) is 0 Å². The highest BCUT2D eigenvalue weighted by Crippen LogP contribution is 2.19. The number of hydrogen-bond acceptors (Lipinski definition) is 6. The number of nitrogens with zero attached hydrogens (tertiary/aromatic N) is 2. The van der Waals surface area contributed by atoms with Crippen LogP contribution in [0, 0.1) is 13.8 Å². The Morgan fingerprint density at radius 3 is 2.56 bits per heavy atom. The average molecular weight is 360 g/mol. The van der Waals surface area contributed by atoms with Gasteiger partial charge >= 0.3 is 0 Å². The normalized spacial score (nSPS) is 18.7. The second kappa shape index (κ2) is 6.79. The summed E-state index contributed by atoms with van der Waals surface area (Å²) in [7, 11) is -2.96. The quantitative estimate of drug-likeness (QED) is 0.864. The molecule has 1 aliphatic rings. The number of anilines is 2. The molecule has 1 atom stereocenters. The van der Waals surface area contributed by atoms with Crippen molar-refractivity contribution in [2.24, 2.45) is 0 Å². The Balaban J connectivity index is 1.65. The van der Waals surface area contributed by atoms with Crippen LogP contribution in [0.2, 0.25) is 0 Å². The van der Waals surface area contributed by atoms with Gasteiger partial charge in [0.1, 0.15) is 0 Å². The summed E-state index contributed by atoms with van der Waals surface area (Å²) >= 11 is 0. The van der Waals surface area contributed by atoms with E-state index in [1.54, 1.807) is 0 Å². The summed E-state index contributed by atoms with van der Waals surface area (Å²) in [6, 6.07) is 5.53. The Morgan fingerprint density at radius 1 is 1.20 bits per heavy atom. The van der Waals surface area contributed by atoms with E-state index in [9.17, 15) is 13.2 Å². The van der Waals surface area contributed by atoms with Crippen LogP contribution < -0.4 is 10.6 Å². The van der Waals surface area contributed by atoms with E-state index in [4.69, 9.17) is 0 Å². The molecule has 1 aliphatic heterocycles. The maximum absolute atomic E-state index is 12.3. The van der Waals surface area contributed by atoms with Crippen LogP contribution in [0.3, 0.4) is 0 Å². The van der Waals surface area contributed by atoms with Gasteiger partial charge in [-0.15, -0.1) is 0 Å². The molecule has 1 fully saturated rings. The number of amides is 1. The highest BCUT2D eigenvalue weighted by molar-refractivity contribution is 7.91. The lowest BCUT2D eigenvalue weighted by atomic mass is 10.1. The molecule has 3 rings (SSSR count). The second-order valence-electron chi connectivity index (χ2n) is 6.24. The molecule has 1 amide bonds. The van der Waals surface area contributed by atoms with Gasteiger partial charge in [0.25, 0.3) is 5.91 Å². The Morgan fingerprint density at radius 2 is 1.92 bits per heavy atom. The zero-order valence-electron chi connectivity index (χ0n) is 14.1. The van der Waals surface area contributed by atoms with Gasteiger partial charge in [0, 0.05) is 24.1 Å². The van der Waals surface area contributed by atoms with Gasteiger partial charge < -0.3 is 10.6 Å². The van der Waals surface area contributed by atoms with Crippen LogP contribution in [-0.4, -0.2) is 41.8 Å². The number of rotatable bonds is 4. The lowest BCUT2D eigenvalue weighted by Crippen LogP contribution is -2.22. The minimum atomic E-state index is -2.96. The second-order valence-corrected chi connectivity index (χ2v) is 8.47. The highest BCUT2D eigenvalue weighted by atomic mass is 32.2. The number of carbonyl (C=O) groups excluding carboxylic acids is 1. The van der Waals surface area contributed by atoms with E-state index in [0.717, 1.165) is 16.8 Å². The first-order valence-corrected chi connectivity index (χ1v) is 9.83. The van der Waals surface area contributed by atoms with Crippen LogP contribution >= 0.6 is 0 Å². The fraction of sp³-hybridized carbons (Fsp3) is 0.353. The van der Waals surface area contributed by atoms with Crippen molar-refractivity contribution in [1.29, 1.82) is 0 Å². The summed E-state index contributed by atoms with van der Waals surface area (Å²) in [6.07, 6.45) is 3.40. The van der Waals surface area contributed by atoms with Gasteiger partial charge in [-0.25, -0.2) is 18.4 Å². The van der Waals surface area contributed by atoms with E-state index in [0.29, 0.717) is 17.9 Å². The van der Waals surface area contributed by atoms with E-state index in [2.05, 4.69) is 20.6 Å². The maximum atomic E-state index is 12.3. The zero-order chi connectivity index (χ0) is 18.0. The highest BCUT2D eigenvalue weighted by Gasteiger charge is 2.28. The number of carbonyl (C=O) groups is 1. The van der Waals surface area contributed by atoms with E-state index in [1.807, 2.05) is 32.0 Å². The topological polar surface area (TPSA) is 101 Å². The Kier molecular flexibility index (Phi) is 4.71. The monoisotopic (exact) mass is 360 g/mol. The molecule has 0 spiro atoms. The van der Waals surface area contributed by atoms with Crippen molar-refractivity contribution < 1.29 is 13.2 Å². The van der Waals surface area contributed by atoms with E-state index in [1.165, 1.54) is 12.4 Å². The van der Waals surface area contributed by atoms with Crippen LogP contribution in [0.5, 0.6) is 0 Å². The predicted molar refractivity (Wildman–Crippen MR) is 96.6 cm³/mol. The van der Waals surface area contributed by atoms with Crippen molar-refractivity contribution in [1.82, 2.24) is 9.97 Å². The molecule has 0 aliphatic carbocycles. The molecule has 2 aromatic rings. The molecule has 0 saturated carbocycles. The molecule has 1 aromatic heterocycles. The summed E-state index contributed by atoms with van der Waals surface area (Å²) in [5.41, 5.74) is 3.20. The molecule has 7 nitrogen and oxygen atoms in total. The first-order valence-electron chi connectivity index (χ1n) is 8.00. The molecule has 1 aromatic carbocycles. The van der Waals surface area contributed by atoms with Gasteiger partial charge in [0.2, 0.25) is 5.95 Å². The molecule has 1 saturated heterocycles. The van der Waals surface area contributed by atoms with Gasteiger partial charge in [-0.05, 0) is 37.5 Å². The van der Waals surface area contributed by atoms with Crippen molar-refractivity contribution in [3.63, 3.8) is 0 Å². The van der Waals surface area contributed by atoms with Crippen LogP contribution in [0.25, 0.3) is 0 Å². The van der Waals surface area contributed by atoms with Crippen LogP contribution in [0.4, 0.5) is 11.6 Å². The number of hydrogen-bond donors (Lipinski definition) is 2. The molecule has 0 radical (unpaired) electrons. The molecule has 0 bridgehead atoms. The Hall–Kier alpha value is -2.48. The van der Waals surface area contributed by atoms with Crippen LogP contribution in [0.1, 0.15) is 27.9 Å². The Bertz CT molecular complexity index is 895. The summed E-state index contributed by atoms with van der Waals surface area (Å²) in [4.78, 5) is 20.6. The minimum absolute atomic E-state index is 0.0885. The smallest absolute Gasteiger partial charge is 0.258 e. The van der Waals surface area contributed by atoms with Crippen molar-refractivity contribution >= 4 is 27.4 Å². The van der Waals surface area contributed by atoms with E-state index in [-0.39, 0.29) is 23.5 Å². The van der Waals surface area contributed by atoms with Crippen LogP contribution in [0.15, 0.2) is 30.6 Å². The van der Waals surface area contributed by atoms with Gasteiger partial charge in [0.05, 0.1) is 17.1 Å². The number of sulfone groups is 1. The van der Waals surface area contributed by atoms with Gasteiger partial charge in [0.15, 0.2) is 9.84 Å². The van der Waals surface area contributed by atoms with Crippen molar-refractivity contribution in [2.75, 3.05) is 22.1 Å². The molecular formula is C17H20N4O3S. The molecule has 25 heavy (non-hydrogen) atoms. The number of benzene rings is 1. The summed E-state index contributed by atoms with van der Waals surface area (Å²) in [5.74, 6) is 0.306. The third kappa shape index (κ3) is 4.14. The molecular weight excluding hydrogens is 340 g/mol. The van der Waals surface area contributed by atoms with Crippen LogP contribution in [-0.2, 0) is 9.84 Å². The number of nitrogens with one attached hydrogen (secondary N) is 2. The summed E-state index contributed by atoms with van der Waals surface area (Å²) in [6.45, 7) is 3.93. The maximum Gasteiger partial charge on any atom is 0.258 e. The van der Waals surface area contributed by atoms with Gasteiger partial charge in [-0.1, -0.05) is 12.1 Å². The largest absolute Gasteiger partial charge is 0.350 e. The third-order valence-electron chi connectivity index (χ3n) is 4.33. The first kappa shape index (κ1) is 17.3. The molecule has 132 valence electrons. The number of aryl methyl sites for hydroxylation is 1. The lowest BCUT2D eigenvalue weighted by molar-refractivity contribution is 0.102. The van der Waals surface area contributed by atoms with Crippen molar-refractivity contribution in [3.05, 3.63) is 47.3 Å². The molecule has 2 N–H and O–H groups in total. The zero-order valence-corrected chi connectivity index (χ0v) is 14.9. The predicted octanol–water partition coefficient (Wildman–Crippen LogP) is 1.94. The van der Waals surface area contributed by atoms with E-state index < -0.39 is 9.84 Å². The standard InChI is InChI=1S/C17H20N4O3S/c1-11-4-3-5-15(12(11)2)21-16(22)13-8-18-17(19-9-13)20-14-6-7-25(23,24)10-14/h3-5,8-9,14H,6-7,10H2,1-2H3,(H,21,22)(H,18,19,20). The Labute approximate surface area is 146 Å². The SMILES string of the molecule is Cc1cccc(NC(=O)c2cnc(NC3CCS(=O)(=O)C3)nc2)c1C. The fourth-order valence-electron chi connectivity index (χ4n) is 2.69. The van der Waals surface area contributed by atoms with Crippen molar-refractivity contribution in [3.8, 4) is 0 Å². The molecule has 1 unspecified atom stereocenters. The minimum Gasteiger partial charge on any atom is -0.350 e. The summed E-state index contributed by atoms with van der Waals surface area (Å²) in [5, 5.41) is 5.85. The molecule has 8 heteroatoms. The summed E-state index contributed by atoms with van der Waals surface area (Å²) < 4.78 is 22.9. The van der Waals surface area contributed by atoms with Crippen molar-refractivity contribution in [2.45, 2.75) is 26.3 Å². The lowest BCUT2D eigenvalue weighted by Gasteiger charge is -2.12.